The van der Waals surface area contributed by atoms with Crippen LogP contribution in [-0.2, 0) is 36.9 Å². The molecule has 0 radical (unpaired) electrons. The topological polar surface area (TPSA) is 109 Å². The highest BCUT2D eigenvalue weighted by atomic mass is 16.6. The monoisotopic (exact) mass is 430 g/mol. The van der Waals surface area contributed by atoms with Crippen molar-refractivity contribution in [3.63, 3.8) is 0 Å². The van der Waals surface area contributed by atoms with Crippen molar-refractivity contribution in [2.24, 2.45) is 0 Å². The van der Waals surface area contributed by atoms with E-state index in [2.05, 4.69) is 0 Å². The standard InChI is InChI=1S/C20H22N4O7/c1-3-30-15(25)19-20(16(26)31-4-2)23-11-29-12-24(20)18(28)22(19)10-14-8-6-5-7-13(14)9-21(19)17(23)27/h5-8H,3-4,9-12H2,1-2H3. The predicted octanol–water partition coefficient (Wildman–Crippen LogP) is 0.639. The summed E-state index contributed by atoms with van der Waals surface area (Å²) in [4.78, 5) is 59.2. The van der Waals surface area contributed by atoms with Crippen molar-refractivity contribution in [2.75, 3.05) is 26.7 Å². The number of hydrogen-bond acceptors (Lipinski definition) is 7. The van der Waals surface area contributed by atoms with Crippen molar-refractivity contribution in [1.29, 1.82) is 0 Å². The minimum atomic E-state index is -2.05. The smallest absolute Gasteiger partial charge is 0.359 e. The minimum absolute atomic E-state index is 0.00460. The maximum Gasteiger partial charge on any atom is 0.359 e. The van der Waals surface area contributed by atoms with Crippen molar-refractivity contribution in [3.8, 4) is 0 Å². The zero-order chi connectivity index (χ0) is 22.0. The fourth-order valence-electron chi connectivity index (χ4n) is 5.17. The van der Waals surface area contributed by atoms with Gasteiger partial charge in [-0.1, -0.05) is 24.3 Å². The first-order valence-corrected chi connectivity index (χ1v) is 10.1. The maximum absolute atomic E-state index is 13.7. The van der Waals surface area contributed by atoms with Gasteiger partial charge < -0.3 is 14.2 Å². The molecule has 0 spiro atoms. The molecule has 5 rings (SSSR count). The van der Waals surface area contributed by atoms with Gasteiger partial charge in [0.2, 0.25) is 0 Å². The number of hydrogen-bond donors (Lipinski definition) is 0. The second-order valence-corrected chi connectivity index (χ2v) is 7.61. The Morgan fingerprint density at radius 2 is 1.26 bits per heavy atom. The third-order valence-corrected chi connectivity index (χ3v) is 6.31. The van der Waals surface area contributed by atoms with Crippen LogP contribution >= 0.6 is 0 Å². The van der Waals surface area contributed by atoms with Gasteiger partial charge in [0.05, 0.1) is 26.3 Å². The maximum atomic E-state index is 13.7. The van der Waals surface area contributed by atoms with Gasteiger partial charge in [-0.15, -0.1) is 0 Å². The van der Waals surface area contributed by atoms with E-state index in [1.165, 1.54) is 9.80 Å². The Kier molecular flexibility index (Phi) is 4.16. The summed E-state index contributed by atoms with van der Waals surface area (Å²) in [5.74, 6) is -1.73. The largest absolute Gasteiger partial charge is 0.463 e. The van der Waals surface area contributed by atoms with Gasteiger partial charge in [0.25, 0.3) is 11.3 Å². The first kappa shape index (κ1) is 19.6. The van der Waals surface area contributed by atoms with Crippen molar-refractivity contribution in [3.05, 3.63) is 35.4 Å². The molecule has 3 fully saturated rings. The van der Waals surface area contributed by atoms with Crippen molar-refractivity contribution < 1.29 is 33.4 Å². The summed E-state index contributed by atoms with van der Waals surface area (Å²) in [5.41, 5.74) is -2.56. The molecule has 0 aromatic heterocycles. The molecule has 11 nitrogen and oxygen atoms in total. The summed E-state index contributed by atoms with van der Waals surface area (Å²) < 4.78 is 16.2. The fraction of sp³-hybridized carbons (Fsp3) is 0.500. The first-order chi connectivity index (χ1) is 15.0. The zero-order valence-electron chi connectivity index (χ0n) is 17.2. The average Bonchev–Trinajstić information content (AvgIpc) is 3.04. The highest BCUT2D eigenvalue weighted by molar-refractivity contribution is 6.09. The lowest BCUT2D eigenvalue weighted by Crippen LogP contribution is -2.77. The molecular weight excluding hydrogens is 408 g/mol. The summed E-state index contributed by atoms with van der Waals surface area (Å²) in [6.45, 7) is 2.75. The van der Waals surface area contributed by atoms with E-state index in [1.807, 2.05) is 24.3 Å². The molecule has 4 aliphatic rings. The van der Waals surface area contributed by atoms with Gasteiger partial charge in [-0.25, -0.2) is 19.2 Å². The summed E-state index contributed by atoms with van der Waals surface area (Å²) in [7, 11) is 0. The highest BCUT2D eigenvalue weighted by Crippen LogP contribution is 2.56. The molecule has 0 unspecified atom stereocenters. The lowest BCUT2D eigenvalue weighted by atomic mass is 9.90. The number of carbonyl (C=O) groups excluding carboxylic acids is 4. The van der Waals surface area contributed by atoms with Crippen LogP contribution in [0.3, 0.4) is 0 Å². The van der Waals surface area contributed by atoms with E-state index in [0.29, 0.717) is 0 Å². The van der Waals surface area contributed by atoms with Crippen LogP contribution in [0.2, 0.25) is 0 Å². The Balaban J connectivity index is 1.84. The number of amides is 4. The van der Waals surface area contributed by atoms with E-state index >= 15 is 0 Å². The van der Waals surface area contributed by atoms with Crippen LogP contribution in [-0.4, -0.2) is 81.6 Å². The molecule has 164 valence electrons. The normalized spacial score (nSPS) is 28.3. The van der Waals surface area contributed by atoms with Crippen molar-refractivity contribution in [2.45, 2.75) is 38.3 Å². The van der Waals surface area contributed by atoms with Gasteiger partial charge in [0, 0.05) is 0 Å². The number of nitrogens with zero attached hydrogens (tertiary/aromatic N) is 4. The second kappa shape index (κ2) is 6.58. The van der Waals surface area contributed by atoms with Crippen molar-refractivity contribution >= 4 is 24.0 Å². The van der Waals surface area contributed by atoms with Gasteiger partial charge in [0.1, 0.15) is 13.5 Å². The number of fused-ring (bicyclic) bond motifs is 1. The van der Waals surface area contributed by atoms with Gasteiger partial charge in [-0.3, -0.25) is 19.6 Å². The average molecular weight is 430 g/mol. The second-order valence-electron chi connectivity index (χ2n) is 7.61. The third-order valence-electron chi connectivity index (χ3n) is 6.31. The molecular formula is C20H22N4O7. The third kappa shape index (κ3) is 2.06. The Hall–Kier alpha value is -3.34. The van der Waals surface area contributed by atoms with E-state index in [9.17, 15) is 19.2 Å². The summed E-state index contributed by atoms with van der Waals surface area (Å²) in [5, 5.41) is 0. The molecule has 0 N–H and O–H groups in total. The predicted molar refractivity (Wildman–Crippen MR) is 102 cm³/mol. The van der Waals surface area contributed by atoms with E-state index in [1.54, 1.807) is 13.8 Å². The number of carbonyl (C=O) groups is 4. The van der Waals surface area contributed by atoms with Crippen LogP contribution in [0.25, 0.3) is 0 Å². The van der Waals surface area contributed by atoms with Crippen LogP contribution in [0.1, 0.15) is 25.0 Å². The molecule has 11 heteroatoms. The molecule has 31 heavy (non-hydrogen) atoms. The van der Waals surface area contributed by atoms with Gasteiger partial charge in [-0.2, -0.15) is 0 Å². The SMILES string of the molecule is CCOC(=O)C12N3COCN1C(=O)N1Cc4ccccc4CN(C3=O)C12C(=O)OCC. The number of benzene rings is 1. The molecule has 0 atom stereocenters. The fourth-order valence-corrected chi connectivity index (χ4v) is 5.17. The van der Waals surface area contributed by atoms with Gasteiger partial charge in [-0.05, 0) is 25.0 Å². The lowest BCUT2D eigenvalue weighted by molar-refractivity contribution is -0.212. The Bertz CT molecular complexity index is 942. The Labute approximate surface area is 178 Å². The van der Waals surface area contributed by atoms with E-state index in [0.717, 1.165) is 20.9 Å². The highest BCUT2D eigenvalue weighted by Gasteiger charge is 2.88. The summed E-state index contributed by atoms with van der Waals surface area (Å²) in [6, 6.07) is 6.07. The van der Waals surface area contributed by atoms with Crippen LogP contribution in [0, 0.1) is 0 Å². The number of esters is 2. The van der Waals surface area contributed by atoms with Crippen LogP contribution in [0.15, 0.2) is 24.3 Å². The Morgan fingerprint density at radius 1 is 0.839 bits per heavy atom. The minimum Gasteiger partial charge on any atom is -0.463 e. The molecule has 0 aliphatic carbocycles. The van der Waals surface area contributed by atoms with E-state index in [4.69, 9.17) is 14.2 Å². The first-order valence-electron chi connectivity index (χ1n) is 10.1. The van der Waals surface area contributed by atoms with Gasteiger partial charge in [0.15, 0.2) is 0 Å². The number of urea groups is 2. The Morgan fingerprint density at radius 3 is 1.68 bits per heavy atom. The molecule has 3 saturated heterocycles. The molecule has 1 aromatic rings. The molecule has 1 aromatic carbocycles. The van der Waals surface area contributed by atoms with Crippen LogP contribution < -0.4 is 0 Å². The van der Waals surface area contributed by atoms with Crippen LogP contribution in [0.5, 0.6) is 0 Å². The van der Waals surface area contributed by atoms with Crippen LogP contribution in [0.4, 0.5) is 9.59 Å². The molecule has 4 aliphatic heterocycles. The number of rotatable bonds is 4. The zero-order valence-corrected chi connectivity index (χ0v) is 17.2. The summed E-state index contributed by atoms with van der Waals surface area (Å²) in [6.07, 6.45) is 0. The summed E-state index contributed by atoms with van der Waals surface area (Å²) >= 11 is 0. The quantitative estimate of drug-likeness (QED) is 0.645. The van der Waals surface area contributed by atoms with Gasteiger partial charge >= 0.3 is 24.0 Å². The molecule has 4 amide bonds. The van der Waals surface area contributed by atoms with E-state index < -0.39 is 35.3 Å². The van der Waals surface area contributed by atoms with Crippen molar-refractivity contribution in [1.82, 2.24) is 19.6 Å². The molecule has 0 bridgehead atoms. The molecule has 4 heterocycles. The molecule has 0 saturated carbocycles. The lowest BCUT2D eigenvalue weighted by Gasteiger charge is -2.46. The number of ether oxygens (including phenoxy) is 3. The van der Waals surface area contributed by atoms with E-state index in [-0.39, 0.29) is 39.8 Å².